The highest BCUT2D eigenvalue weighted by molar-refractivity contribution is 5.34. The third-order valence-corrected chi connectivity index (χ3v) is 4.93. The van der Waals surface area contributed by atoms with Gasteiger partial charge in [-0.15, -0.1) is 0 Å². The van der Waals surface area contributed by atoms with Gasteiger partial charge in [-0.3, -0.25) is 0 Å². The van der Waals surface area contributed by atoms with E-state index < -0.39 is 0 Å². The lowest BCUT2D eigenvalue weighted by atomic mass is 9.63. The highest BCUT2D eigenvalue weighted by atomic mass is 19.1. The van der Waals surface area contributed by atoms with Gasteiger partial charge in [0, 0.05) is 17.0 Å². The largest absolute Gasteiger partial charge is 0.323 e. The molecule has 1 aliphatic rings. The van der Waals surface area contributed by atoms with Crippen molar-refractivity contribution in [1.29, 1.82) is 0 Å². The van der Waals surface area contributed by atoms with Gasteiger partial charge >= 0.3 is 0 Å². The van der Waals surface area contributed by atoms with Crippen molar-refractivity contribution in [2.45, 2.75) is 43.6 Å². The minimum atomic E-state index is -0.290. The maximum absolute atomic E-state index is 14.2. The fraction of sp³-hybridized carbons (Fsp3) is 0.368. The second kappa shape index (κ2) is 5.98. The van der Waals surface area contributed by atoms with Crippen LogP contribution in [0, 0.1) is 5.82 Å². The first-order chi connectivity index (χ1) is 10.2. The maximum Gasteiger partial charge on any atom is 0.128 e. The van der Waals surface area contributed by atoms with E-state index in [1.165, 1.54) is 18.1 Å². The first-order valence-electron chi connectivity index (χ1n) is 7.79. The van der Waals surface area contributed by atoms with Crippen molar-refractivity contribution in [3.8, 4) is 0 Å². The summed E-state index contributed by atoms with van der Waals surface area (Å²) in [7, 11) is 0. The van der Waals surface area contributed by atoms with Gasteiger partial charge in [0.1, 0.15) is 5.82 Å². The minimum Gasteiger partial charge on any atom is -0.323 e. The van der Waals surface area contributed by atoms with E-state index >= 15 is 0 Å². The highest BCUT2D eigenvalue weighted by Crippen LogP contribution is 2.47. The zero-order valence-electron chi connectivity index (χ0n) is 12.3. The van der Waals surface area contributed by atoms with Crippen LogP contribution < -0.4 is 5.73 Å². The van der Waals surface area contributed by atoms with E-state index in [1.54, 1.807) is 6.07 Å². The van der Waals surface area contributed by atoms with Crippen LogP contribution in [0.5, 0.6) is 0 Å². The summed E-state index contributed by atoms with van der Waals surface area (Å²) in [5.74, 6) is -0.189. The molecule has 1 fully saturated rings. The molecule has 0 bridgehead atoms. The van der Waals surface area contributed by atoms with Gasteiger partial charge in [0.25, 0.3) is 0 Å². The summed E-state index contributed by atoms with van der Waals surface area (Å²) in [6.07, 6.45) is 5.64. The summed E-state index contributed by atoms with van der Waals surface area (Å²) in [4.78, 5) is 0. The Morgan fingerprint density at radius 2 is 1.48 bits per heavy atom. The highest BCUT2D eigenvalue weighted by Gasteiger charge is 2.40. The van der Waals surface area contributed by atoms with E-state index in [2.05, 4.69) is 24.3 Å². The molecule has 3 rings (SSSR count). The molecule has 2 aromatic carbocycles. The van der Waals surface area contributed by atoms with E-state index in [4.69, 9.17) is 5.73 Å². The summed E-state index contributed by atoms with van der Waals surface area (Å²) < 4.78 is 14.2. The van der Waals surface area contributed by atoms with Gasteiger partial charge in [0.05, 0.1) is 0 Å². The molecule has 0 spiro atoms. The average molecular weight is 283 g/mol. The SMILES string of the molecule is NC(c1ccccc1F)C1(c2ccccc2)CCCCC1. The Hall–Kier alpha value is -1.67. The van der Waals surface area contributed by atoms with Crippen molar-refractivity contribution >= 4 is 0 Å². The fourth-order valence-corrected chi connectivity index (χ4v) is 3.76. The smallest absolute Gasteiger partial charge is 0.128 e. The number of hydrogen-bond acceptors (Lipinski definition) is 1. The Labute approximate surface area is 126 Å². The number of hydrogen-bond donors (Lipinski definition) is 1. The molecule has 0 saturated heterocycles. The summed E-state index contributed by atoms with van der Waals surface area (Å²) in [6.45, 7) is 0. The van der Waals surface area contributed by atoms with E-state index in [0.29, 0.717) is 5.56 Å². The number of benzene rings is 2. The number of rotatable bonds is 3. The molecule has 1 aliphatic carbocycles. The third kappa shape index (κ3) is 2.60. The molecular formula is C19H22FN. The molecule has 2 heteroatoms. The summed E-state index contributed by atoms with van der Waals surface area (Å²) in [6, 6.07) is 17.1. The third-order valence-electron chi connectivity index (χ3n) is 4.93. The zero-order valence-corrected chi connectivity index (χ0v) is 12.3. The van der Waals surface area contributed by atoms with Crippen molar-refractivity contribution in [3.05, 3.63) is 71.5 Å². The molecule has 21 heavy (non-hydrogen) atoms. The van der Waals surface area contributed by atoms with E-state index in [1.807, 2.05) is 18.2 Å². The molecule has 0 radical (unpaired) electrons. The number of halogens is 1. The van der Waals surface area contributed by atoms with Crippen LogP contribution in [0.2, 0.25) is 0 Å². The summed E-state index contributed by atoms with van der Waals surface area (Å²) in [5, 5.41) is 0. The lowest BCUT2D eigenvalue weighted by molar-refractivity contribution is 0.240. The Morgan fingerprint density at radius 3 is 2.14 bits per heavy atom. The van der Waals surface area contributed by atoms with Crippen LogP contribution >= 0.6 is 0 Å². The molecule has 2 N–H and O–H groups in total. The van der Waals surface area contributed by atoms with Gasteiger partial charge in [-0.2, -0.15) is 0 Å². The molecule has 0 aliphatic heterocycles. The predicted molar refractivity (Wildman–Crippen MR) is 84.5 cm³/mol. The summed E-state index contributed by atoms with van der Waals surface area (Å²) in [5.41, 5.74) is 8.35. The fourth-order valence-electron chi connectivity index (χ4n) is 3.76. The second-order valence-electron chi connectivity index (χ2n) is 6.08. The number of nitrogens with two attached hydrogens (primary N) is 1. The van der Waals surface area contributed by atoms with Crippen molar-refractivity contribution in [2.24, 2.45) is 5.73 Å². The lowest BCUT2D eigenvalue weighted by Gasteiger charge is -2.43. The first-order valence-corrected chi connectivity index (χ1v) is 7.79. The summed E-state index contributed by atoms with van der Waals surface area (Å²) >= 11 is 0. The Morgan fingerprint density at radius 1 is 0.857 bits per heavy atom. The zero-order chi connectivity index (χ0) is 14.7. The monoisotopic (exact) mass is 283 g/mol. The van der Waals surface area contributed by atoms with Crippen molar-refractivity contribution < 1.29 is 4.39 Å². The van der Waals surface area contributed by atoms with Gasteiger partial charge in [-0.25, -0.2) is 4.39 Å². The normalized spacial score (nSPS) is 19.1. The Bertz CT molecular complexity index is 588. The van der Waals surface area contributed by atoms with Gasteiger partial charge in [0.2, 0.25) is 0 Å². The van der Waals surface area contributed by atoms with Crippen LogP contribution in [0.25, 0.3) is 0 Å². The van der Waals surface area contributed by atoms with Gasteiger partial charge < -0.3 is 5.73 Å². The van der Waals surface area contributed by atoms with Crippen LogP contribution in [-0.4, -0.2) is 0 Å². The second-order valence-corrected chi connectivity index (χ2v) is 6.08. The Balaban J connectivity index is 2.06. The van der Waals surface area contributed by atoms with Crippen molar-refractivity contribution in [2.75, 3.05) is 0 Å². The van der Waals surface area contributed by atoms with E-state index in [-0.39, 0.29) is 17.3 Å². The molecule has 1 saturated carbocycles. The lowest BCUT2D eigenvalue weighted by Crippen LogP contribution is -2.41. The molecule has 1 unspecified atom stereocenters. The van der Waals surface area contributed by atoms with Gasteiger partial charge in [-0.1, -0.05) is 67.8 Å². The van der Waals surface area contributed by atoms with Crippen LogP contribution in [0.15, 0.2) is 54.6 Å². The van der Waals surface area contributed by atoms with E-state index in [9.17, 15) is 4.39 Å². The average Bonchev–Trinajstić information content (AvgIpc) is 2.56. The molecule has 0 amide bonds. The van der Waals surface area contributed by atoms with Crippen LogP contribution in [0.3, 0.4) is 0 Å². The minimum absolute atomic E-state index is 0.137. The first kappa shape index (κ1) is 14.3. The van der Waals surface area contributed by atoms with Gasteiger partial charge in [0.15, 0.2) is 0 Å². The molecule has 0 heterocycles. The molecule has 110 valence electrons. The van der Waals surface area contributed by atoms with Crippen LogP contribution in [0.4, 0.5) is 4.39 Å². The maximum atomic E-state index is 14.2. The molecular weight excluding hydrogens is 261 g/mol. The van der Waals surface area contributed by atoms with Crippen LogP contribution in [0.1, 0.15) is 49.3 Å². The van der Waals surface area contributed by atoms with Gasteiger partial charge in [-0.05, 0) is 24.5 Å². The molecule has 1 nitrogen and oxygen atoms in total. The standard InChI is InChI=1S/C19H22FN/c20-17-12-6-5-11-16(17)18(21)19(13-7-2-8-14-19)15-9-3-1-4-10-15/h1,3-6,9-12,18H,2,7-8,13-14,21H2. The van der Waals surface area contributed by atoms with E-state index in [0.717, 1.165) is 25.7 Å². The molecule has 1 atom stereocenters. The Kier molecular flexibility index (Phi) is 4.07. The quantitative estimate of drug-likeness (QED) is 0.866. The molecule has 2 aromatic rings. The van der Waals surface area contributed by atoms with Crippen molar-refractivity contribution in [3.63, 3.8) is 0 Å². The van der Waals surface area contributed by atoms with Crippen molar-refractivity contribution in [1.82, 2.24) is 0 Å². The topological polar surface area (TPSA) is 26.0 Å². The van der Waals surface area contributed by atoms with Crippen LogP contribution in [-0.2, 0) is 5.41 Å². The molecule has 0 aromatic heterocycles. The predicted octanol–water partition coefficient (Wildman–Crippen LogP) is 4.73.